The molecule has 2 aromatic heterocycles. The average molecular weight is 474 g/mol. The molecule has 3 N–H and O–H groups in total. The molecule has 0 bridgehead atoms. The molecule has 1 aliphatic carbocycles. The predicted molar refractivity (Wildman–Crippen MR) is 120 cm³/mol. The molecule has 3 aromatic rings. The number of nitrogens with two attached hydrogens (primary N) is 1. The lowest BCUT2D eigenvalue weighted by atomic mass is 10.0. The number of carbonyl (C=O) groups excluding carboxylic acids is 1. The average Bonchev–Trinajstić information content (AvgIpc) is 3.20. The van der Waals surface area contributed by atoms with E-state index in [-0.39, 0.29) is 17.0 Å². The quantitative estimate of drug-likeness (QED) is 0.541. The molecular formula is C23H26F3N7O. The molecule has 1 saturated carbocycles. The summed E-state index contributed by atoms with van der Waals surface area (Å²) < 4.78 is 41.8. The Bertz CT molecular complexity index is 1300. The second kappa shape index (κ2) is 7.57. The van der Waals surface area contributed by atoms with Gasteiger partial charge < -0.3 is 16.0 Å². The Kier molecular flexibility index (Phi) is 4.99. The van der Waals surface area contributed by atoms with E-state index in [1.165, 1.54) is 6.07 Å². The van der Waals surface area contributed by atoms with Gasteiger partial charge in [0.1, 0.15) is 11.6 Å². The van der Waals surface area contributed by atoms with Gasteiger partial charge in [-0.15, -0.1) is 10.2 Å². The van der Waals surface area contributed by atoms with Gasteiger partial charge in [0, 0.05) is 23.1 Å². The van der Waals surface area contributed by atoms with Crippen molar-refractivity contribution in [2.75, 3.05) is 11.1 Å². The maximum atomic E-state index is 13.3. The Hall–Kier alpha value is -3.37. The van der Waals surface area contributed by atoms with Crippen molar-refractivity contribution >= 4 is 23.2 Å². The van der Waals surface area contributed by atoms with Crippen LogP contribution in [0.5, 0.6) is 0 Å². The monoisotopic (exact) mass is 473 g/mol. The van der Waals surface area contributed by atoms with E-state index < -0.39 is 17.8 Å². The number of carbonyl (C=O) groups is 1. The molecule has 1 aromatic carbocycles. The van der Waals surface area contributed by atoms with Crippen molar-refractivity contribution in [3.63, 3.8) is 0 Å². The minimum absolute atomic E-state index is 0.0339. The number of hydrogen-bond acceptors (Lipinski definition) is 6. The zero-order chi connectivity index (χ0) is 24.4. The number of aromatic nitrogens is 4. The molecule has 8 nitrogen and oxygen atoms in total. The van der Waals surface area contributed by atoms with Crippen LogP contribution in [0.15, 0.2) is 18.2 Å². The van der Waals surface area contributed by atoms with Crippen LogP contribution in [0.4, 0.5) is 24.7 Å². The molecular weight excluding hydrogens is 447 g/mol. The van der Waals surface area contributed by atoms with Gasteiger partial charge in [0.2, 0.25) is 5.91 Å². The number of aryl methyl sites for hydroxylation is 1. The molecule has 0 unspecified atom stereocenters. The van der Waals surface area contributed by atoms with E-state index in [0.29, 0.717) is 36.7 Å². The molecule has 34 heavy (non-hydrogen) atoms. The largest absolute Gasteiger partial charge is 0.416 e. The van der Waals surface area contributed by atoms with Crippen molar-refractivity contribution in [3.05, 3.63) is 46.4 Å². The number of rotatable bonds is 5. The van der Waals surface area contributed by atoms with Crippen LogP contribution in [-0.4, -0.2) is 30.4 Å². The van der Waals surface area contributed by atoms with Crippen molar-refractivity contribution in [2.45, 2.75) is 65.3 Å². The van der Waals surface area contributed by atoms with Gasteiger partial charge in [-0.05, 0) is 43.5 Å². The molecule has 1 fully saturated rings. The first-order valence-corrected chi connectivity index (χ1v) is 11.3. The van der Waals surface area contributed by atoms with Gasteiger partial charge in [-0.1, -0.05) is 13.8 Å². The summed E-state index contributed by atoms with van der Waals surface area (Å²) >= 11 is 0. The summed E-state index contributed by atoms with van der Waals surface area (Å²) in [4.78, 5) is 19.5. The van der Waals surface area contributed by atoms with Crippen LogP contribution in [-0.2, 0) is 30.5 Å². The molecule has 1 amide bonds. The highest BCUT2D eigenvalue weighted by Gasteiger charge is 2.48. The van der Waals surface area contributed by atoms with Gasteiger partial charge in [0.05, 0.1) is 30.4 Å². The third-order valence-electron chi connectivity index (χ3n) is 6.80. The number of benzene rings is 1. The Morgan fingerprint density at radius 1 is 1.24 bits per heavy atom. The molecule has 0 saturated heterocycles. The van der Waals surface area contributed by atoms with Crippen LogP contribution in [0.1, 0.15) is 67.9 Å². The first-order valence-electron chi connectivity index (χ1n) is 11.3. The molecule has 1 aliphatic heterocycles. The topological polar surface area (TPSA) is 101 Å². The summed E-state index contributed by atoms with van der Waals surface area (Å²) in [5.41, 5.74) is 6.76. The number of anilines is 2. The summed E-state index contributed by atoms with van der Waals surface area (Å²) in [5, 5.41) is 11.7. The Morgan fingerprint density at radius 2 is 1.97 bits per heavy atom. The predicted octanol–water partition coefficient (Wildman–Crippen LogP) is 4.10. The zero-order valence-corrected chi connectivity index (χ0v) is 19.2. The van der Waals surface area contributed by atoms with Crippen LogP contribution in [0.3, 0.4) is 0 Å². The number of nitrogens with one attached hydrogen (secondary N) is 1. The van der Waals surface area contributed by atoms with Gasteiger partial charge >= 0.3 is 6.18 Å². The smallest absolute Gasteiger partial charge is 0.399 e. The molecule has 11 heteroatoms. The fourth-order valence-electron chi connectivity index (χ4n) is 4.51. The maximum Gasteiger partial charge on any atom is 0.416 e. The first-order chi connectivity index (χ1) is 16.0. The van der Waals surface area contributed by atoms with E-state index in [9.17, 15) is 18.0 Å². The number of fused-ring (bicyclic) bond motifs is 3. The van der Waals surface area contributed by atoms with Crippen molar-refractivity contribution in [1.82, 2.24) is 24.5 Å². The normalized spacial score (nSPS) is 17.6. The van der Waals surface area contributed by atoms with Crippen LogP contribution < -0.4 is 11.1 Å². The minimum Gasteiger partial charge on any atom is -0.399 e. The van der Waals surface area contributed by atoms with Crippen LogP contribution >= 0.6 is 0 Å². The van der Waals surface area contributed by atoms with Gasteiger partial charge in [-0.3, -0.25) is 9.20 Å². The fraction of sp³-hybridized carbons (Fsp3) is 0.478. The van der Waals surface area contributed by atoms with Crippen LogP contribution in [0.25, 0.3) is 5.78 Å². The van der Waals surface area contributed by atoms with E-state index in [4.69, 9.17) is 5.73 Å². The van der Waals surface area contributed by atoms with E-state index in [2.05, 4.69) is 20.5 Å². The van der Waals surface area contributed by atoms with Crippen molar-refractivity contribution in [2.24, 2.45) is 5.41 Å². The summed E-state index contributed by atoms with van der Waals surface area (Å²) in [6.07, 6.45) is -2.11. The number of halogens is 3. The summed E-state index contributed by atoms with van der Waals surface area (Å²) in [5.74, 6) is 1.72. The lowest BCUT2D eigenvalue weighted by Crippen LogP contribution is -2.31. The second-order valence-corrected chi connectivity index (χ2v) is 9.46. The molecule has 2 aliphatic rings. The molecule has 0 spiro atoms. The van der Waals surface area contributed by atoms with Crippen LogP contribution in [0, 0.1) is 5.41 Å². The first kappa shape index (κ1) is 22.4. The summed E-state index contributed by atoms with van der Waals surface area (Å²) in [6.45, 7) is 6.47. The molecule has 5 rings (SSSR count). The molecule has 1 atom stereocenters. The minimum atomic E-state index is -4.50. The maximum absolute atomic E-state index is 13.3. The summed E-state index contributed by atoms with van der Waals surface area (Å²) in [6, 6.07) is 3.00. The van der Waals surface area contributed by atoms with Gasteiger partial charge in [-0.2, -0.15) is 18.2 Å². The molecule has 0 radical (unpaired) electrons. The van der Waals surface area contributed by atoms with Gasteiger partial charge in [0.25, 0.3) is 5.78 Å². The number of hydrogen-bond donors (Lipinski definition) is 2. The Morgan fingerprint density at radius 3 is 2.62 bits per heavy atom. The number of alkyl halides is 3. The van der Waals surface area contributed by atoms with Gasteiger partial charge in [-0.25, -0.2) is 0 Å². The highest BCUT2D eigenvalue weighted by molar-refractivity contribution is 5.85. The highest BCUT2D eigenvalue weighted by atomic mass is 19.4. The standard InChI is InChI=1S/C23H26F3N7O/c1-4-18-30-31-21-29-19(28-12(2)13-7-14(23(24,25)26)9-15(27)8-13)16-10-32(11-17(16)33(18)21)20(34)22(3)5-6-22/h7-9,12H,4-6,10-11,27H2,1-3H3,(H,28,29,31)/t12-/m1/s1. The molecule has 180 valence electrons. The second-order valence-electron chi connectivity index (χ2n) is 9.46. The van der Waals surface area contributed by atoms with E-state index in [1.807, 2.05) is 23.1 Å². The van der Waals surface area contributed by atoms with E-state index in [0.717, 1.165) is 42.1 Å². The van der Waals surface area contributed by atoms with Crippen molar-refractivity contribution in [3.8, 4) is 0 Å². The number of nitrogens with zero attached hydrogens (tertiary/aromatic N) is 5. The van der Waals surface area contributed by atoms with Gasteiger partial charge in [0.15, 0.2) is 0 Å². The third kappa shape index (κ3) is 3.72. The lowest BCUT2D eigenvalue weighted by Gasteiger charge is -2.20. The SMILES string of the molecule is CCc1nnc2nc(N[C@H](C)c3cc(N)cc(C(F)(F)F)c3)c3c(n12)CN(C(=O)C1(C)CC1)C3. The Labute approximate surface area is 194 Å². The van der Waals surface area contributed by atoms with Crippen molar-refractivity contribution < 1.29 is 18.0 Å². The summed E-state index contributed by atoms with van der Waals surface area (Å²) in [7, 11) is 0. The van der Waals surface area contributed by atoms with Crippen LogP contribution in [0.2, 0.25) is 0 Å². The number of nitrogen functional groups attached to an aromatic ring is 1. The number of amides is 1. The zero-order valence-electron chi connectivity index (χ0n) is 19.2. The fourth-order valence-corrected chi connectivity index (χ4v) is 4.51. The lowest BCUT2D eigenvalue weighted by molar-refractivity contribution is -0.138. The molecule has 3 heterocycles. The van der Waals surface area contributed by atoms with Crippen molar-refractivity contribution in [1.29, 1.82) is 0 Å². The van der Waals surface area contributed by atoms with E-state index in [1.54, 1.807) is 6.92 Å². The highest BCUT2D eigenvalue weighted by Crippen LogP contribution is 2.48. The third-order valence-corrected chi connectivity index (χ3v) is 6.80. The Balaban J connectivity index is 1.53. The van der Waals surface area contributed by atoms with E-state index >= 15 is 0 Å².